The number of amides is 2. The first-order valence-corrected chi connectivity index (χ1v) is 7.45. The number of nitrogens with zero attached hydrogens (tertiary/aromatic N) is 1. The SMILES string of the molecule is CC(=O)NCCN(C(=O)Cc1ccc(C(F)(F)F)cc1)C(C)C(=O)O. The van der Waals surface area contributed by atoms with Crippen LogP contribution in [0, 0.1) is 0 Å². The van der Waals surface area contributed by atoms with E-state index in [0.29, 0.717) is 5.56 Å². The summed E-state index contributed by atoms with van der Waals surface area (Å²) in [6.45, 7) is 2.66. The Hall–Kier alpha value is -2.58. The van der Waals surface area contributed by atoms with Crippen LogP contribution >= 0.6 is 0 Å². The summed E-state index contributed by atoms with van der Waals surface area (Å²) < 4.78 is 37.6. The van der Waals surface area contributed by atoms with Crippen molar-refractivity contribution >= 4 is 17.8 Å². The van der Waals surface area contributed by atoms with Gasteiger partial charge in [0.15, 0.2) is 0 Å². The topological polar surface area (TPSA) is 86.7 Å². The van der Waals surface area contributed by atoms with Crippen LogP contribution in [0.25, 0.3) is 0 Å². The Bertz CT molecular complexity index is 629. The highest BCUT2D eigenvalue weighted by Crippen LogP contribution is 2.29. The molecule has 1 rings (SSSR count). The first-order valence-electron chi connectivity index (χ1n) is 7.45. The number of halogens is 3. The van der Waals surface area contributed by atoms with E-state index >= 15 is 0 Å². The monoisotopic (exact) mass is 360 g/mol. The number of benzene rings is 1. The Kier molecular flexibility index (Phi) is 6.96. The number of hydrogen-bond donors (Lipinski definition) is 2. The Balaban J connectivity index is 2.82. The summed E-state index contributed by atoms with van der Waals surface area (Å²) in [5, 5.41) is 11.6. The number of hydrogen-bond acceptors (Lipinski definition) is 3. The van der Waals surface area contributed by atoms with Crippen molar-refractivity contribution in [2.24, 2.45) is 0 Å². The lowest BCUT2D eigenvalue weighted by atomic mass is 10.1. The van der Waals surface area contributed by atoms with E-state index in [-0.39, 0.29) is 25.4 Å². The van der Waals surface area contributed by atoms with Gasteiger partial charge in [0.25, 0.3) is 0 Å². The molecule has 1 aromatic rings. The third-order valence-corrected chi connectivity index (χ3v) is 3.51. The molecule has 2 N–H and O–H groups in total. The third kappa shape index (κ3) is 6.44. The molecule has 0 fully saturated rings. The fourth-order valence-electron chi connectivity index (χ4n) is 2.11. The predicted octanol–water partition coefficient (Wildman–Crippen LogP) is 1.69. The van der Waals surface area contributed by atoms with Crippen LogP contribution in [0.15, 0.2) is 24.3 Å². The van der Waals surface area contributed by atoms with Crippen molar-refractivity contribution in [2.45, 2.75) is 32.5 Å². The summed E-state index contributed by atoms with van der Waals surface area (Å²) in [6, 6.07) is 2.96. The highest BCUT2D eigenvalue weighted by atomic mass is 19.4. The Morgan fingerprint density at radius 3 is 2.20 bits per heavy atom. The zero-order valence-electron chi connectivity index (χ0n) is 13.8. The van der Waals surface area contributed by atoms with Gasteiger partial charge in [0.1, 0.15) is 6.04 Å². The van der Waals surface area contributed by atoms with Crippen LogP contribution < -0.4 is 5.32 Å². The minimum Gasteiger partial charge on any atom is -0.480 e. The van der Waals surface area contributed by atoms with E-state index in [1.54, 1.807) is 0 Å². The van der Waals surface area contributed by atoms with E-state index in [9.17, 15) is 27.6 Å². The van der Waals surface area contributed by atoms with Gasteiger partial charge in [-0.3, -0.25) is 9.59 Å². The zero-order valence-corrected chi connectivity index (χ0v) is 13.8. The second kappa shape index (κ2) is 8.50. The van der Waals surface area contributed by atoms with Gasteiger partial charge in [-0.2, -0.15) is 13.2 Å². The van der Waals surface area contributed by atoms with Crippen molar-refractivity contribution in [1.29, 1.82) is 0 Å². The second-order valence-electron chi connectivity index (χ2n) is 5.46. The Labute approximate surface area is 142 Å². The van der Waals surface area contributed by atoms with E-state index in [1.165, 1.54) is 26.0 Å². The molecule has 1 aromatic carbocycles. The summed E-state index contributed by atoms with van der Waals surface area (Å²) in [4.78, 5) is 35.4. The van der Waals surface area contributed by atoms with Crippen molar-refractivity contribution < 1.29 is 32.7 Å². The molecule has 25 heavy (non-hydrogen) atoms. The lowest BCUT2D eigenvalue weighted by Gasteiger charge is -2.26. The largest absolute Gasteiger partial charge is 0.480 e. The van der Waals surface area contributed by atoms with Crippen LogP contribution in [-0.4, -0.2) is 46.9 Å². The van der Waals surface area contributed by atoms with Crippen LogP contribution in [0.4, 0.5) is 13.2 Å². The van der Waals surface area contributed by atoms with Crippen LogP contribution in [-0.2, 0) is 27.0 Å². The lowest BCUT2D eigenvalue weighted by Crippen LogP contribution is -2.47. The first kappa shape index (κ1) is 20.5. The van der Waals surface area contributed by atoms with Gasteiger partial charge in [0.2, 0.25) is 11.8 Å². The smallest absolute Gasteiger partial charge is 0.416 e. The molecule has 0 saturated heterocycles. The number of carboxylic acid groups (broad SMARTS) is 1. The van der Waals surface area contributed by atoms with Crippen molar-refractivity contribution in [2.75, 3.05) is 13.1 Å². The first-order chi connectivity index (χ1) is 11.5. The fraction of sp³-hybridized carbons (Fsp3) is 0.438. The highest BCUT2D eigenvalue weighted by molar-refractivity contribution is 5.84. The average Bonchev–Trinajstić information content (AvgIpc) is 2.50. The van der Waals surface area contributed by atoms with Gasteiger partial charge in [0.05, 0.1) is 12.0 Å². The van der Waals surface area contributed by atoms with Crippen molar-refractivity contribution in [1.82, 2.24) is 10.2 Å². The summed E-state index contributed by atoms with van der Waals surface area (Å²) in [5.41, 5.74) is -0.495. The van der Waals surface area contributed by atoms with Crippen LogP contribution in [0.2, 0.25) is 0 Å². The number of alkyl halides is 3. The number of rotatable bonds is 7. The van der Waals surface area contributed by atoms with Gasteiger partial charge in [-0.15, -0.1) is 0 Å². The van der Waals surface area contributed by atoms with E-state index in [0.717, 1.165) is 17.0 Å². The number of carbonyl (C=O) groups excluding carboxylic acids is 2. The molecule has 0 spiro atoms. The number of carboxylic acids is 1. The third-order valence-electron chi connectivity index (χ3n) is 3.51. The molecule has 1 unspecified atom stereocenters. The molecule has 6 nitrogen and oxygen atoms in total. The maximum absolute atomic E-state index is 12.5. The highest BCUT2D eigenvalue weighted by Gasteiger charge is 2.30. The van der Waals surface area contributed by atoms with Crippen molar-refractivity contribution in [3.05, 3.63) is 35.4 Å². The van der Waals surface area contributed by atoms with Crippen molar-refractivity contribution in [3.63, 3.8) is 0 Å². The minimum atomic E-state index is -4.47. The van der Waals surface area contributed by atoms with Gasteiger partial charge in [0, 0.05) is 20.0 Å². The van der Waals surface area contributed by atoms with Crippen LogP contribution in [0.5, 0.6) is 0 Å². The van der Waals surface area contributed by atoms with Gasteiger partial charge in [-0.25, -0.2) is 4.79 Å². The molecule has 138 valence electrons. The molecular formula is C16H19F3N2O4. The van der Waals surface area contributed by atoms with Gasteiger partial charge >= 0.3 is 12.1 Å². The molecule has 0 radical (unpaired) electrons. The standard InChI is InChI=1S/C16H19F3N2O4/c1-10(15(24)25)21(8-7-20-11(2)22)14(23)9-12-3-5-13(6-4-12)16(17,18)19/h3-6,10H,7-9H2,1-2H3,(H,20,22)(H,24,25). The number of aliphatic carboxylic acids is 1. The van der Waals surface area contributed by atoms with E-state index in [1.807, 2.05) is 0 Å². The average molecular weight is 360 g/mol. The van der Waals surface area contributed by atoms with E-state index < -0.39 is 29.7 Å². The van der Waals surface area contributed by atoms with Gasteiger partial charge < -0.3 is 15.3 Å². The molecule has 0 aliphatic carbocycles. The molecular weight excluding hydrogens is 341 g/mol. The molecule has 0 aliphatic heterocycles. The van der Waals surface area contributed by atoms with Crippen LogP contribution in [0.1, 0.15) is 25.0 Å². The fourth-order valence-corrected chi connectivity index (χ4v) is 2.11. The molecule has 1 atom stereocenters. The molecule has 2 amide bonds. The Morgan fingerprint density at radius 2 is 1.76 bits per heavy atom. The number of carbonyl (C=O) groups is 3. The van der Waals surface area contributed by atoms with Crippen molar-refractivity contribution in [3.8, 4) is 0 Å². The molecule has 0 bridgehead atoms. The van der Waals surface area contributed by atoms with Crippen LogP contribution in [0.3, 0.4) is 0 Å². The molecule has 0 heterocycles. The lowest BCUT2D eigenvalue weighted by molar-refractivity contribution is -0.149. The van der Waals surface area contributed by atoms with E-state index in [4.69, 9.17) is 5.11 Å². The minimum absolute atomic E-state index is 0.0213. The zero-order chi connectivity index (χ0) is 19.2. The second-order valence-corrected chi connectivity index (χ2v) is 5.46. The molecule has 0 saturated carbocycles. The van der Waals surface area contributed by atoms with Gasteiger partial charge in [-0.05, 0) is 24.6 Å². The summed E-state index contributed by atoms with van der Waals surface area (Å²) in [5.74, 6) is -2.10. The molecule has 0 aromatic heterocycles. The predicted molar refractivity (Wildman–Crippen MR) is 82.6 cm³/mol. The van der Waals surface area contributed by atoms with Gasteiger partial charge in [-0.1, -0.05) is 12.1 Å². The Morgan fingerprint density at radius 1 is 1.20 bits per heavy atom. The molecule has 0 aliphatic rings. The summed E-state index contributed by atoms with van der Waals surface area (Å²) in [7, 11) is 0. The summed E-state index contributed by atoms with van der Waals surface area (Å²) in [6.07, 6.45) is -4.71. The molecule has 9 heteroatoms. The quantitative estimate of drug-likeness (QED) is 0.775. The summed E-state index contributed by atoms with van der Waals surface area (Å²) >= 11 is 0. The maximum atomic E-state index is 12.5. The van der Waals surface area contributed by atoms with E-state index in [2.05, 4.69) is 5.32 Å². The maximum Gasteiger partial charge on any atom is 0.416 e. The normalized spacial score (nSPS) is 12.4. The number of nitrogens with one attached hydrogen (secondary N) is 1.